The molecule has 2 unspecified atom stereocenters. The Labute approximate surface area is 341 Å². The minimum atomic E-state index is -4.40. The quantitative estimate of drug-likeness (QED) is 0.0235. The van der Waals surface area contributed by atoms with E-state index >= 15 is 0 Å². The van der Waals surface area contributed by atoms with Crippen LogP contribution in [0.1, 0.15) is 187 Å². The Morgan fingerprint density at radius 1 is 0.607 bits per heavy atom. The Bertz CT molecular complexity index is 1080. The van der Waals surface area contributed by atoms with Gasteiger partial charge in [0.1, 0.15) is 6.61 Å². The zero-order valence-electron chi connectivity index (χ0n) is 35.5. The van der Waals surface area contributed by atoms with Crippen molar-refractivity contribution in [3.05, 3.63) is 48.6 Å². The summed E-state index contributed by atoms with van der Waals surface area (Å²) in [6, 6.07) is 0. The van der Waals surface area contributed by atoms with Gasteiger partial charge in [0, 0.05) is 19.4 Å². The molecule has 0 saturated carbocycles. The zero-order valence-corrected chi connectivity index (χ0v) is 36.4. The van der Waals surface area contributed by atoms with Crippen LogP contribution in [0.2, 0.25) is 0 Å². The average Bonchev–Trinajstić information content (AvgIpc) is 3.17. The highest BCUT2D eigenvalue weighted by molar-refractivity contribution is 7.47. The molecule has 0 rings (SSSR count). The van der Waals surface area contributed by atoms with Crippen LogP contribution in [0.3, 0.4) is 0 Å². The summed E-state index contributed by atoms with van der Waals surface area (Å²) < 4.78 is 32.7. The van der Waals surface area contributed by atoms with E-state index in [4.69, 9.17) is 24.3 Å². The van der Waals surface area contributed by atoms with Gasteiger partial charge < -0.3 is 25.2 Å². The van der Waals surface area contributed by atoms with Crippen LogP contribution < -0.4 is 5.73 Å². The normalized spacial score (nSPS) is 14.3. The number of aliphatic hydroxyl groups excluding tert-OH is 1. The third-order valence-electron chi connectivity index (χ3n) is 9.27. The second-order valence-corrected chi connectivity index (χ2v) is 16.2. The van der Waals surface area contributed by atoms with E-state index in [1.807, 2.05) is 18.2 Å². The number of phosphoric ester groups is 1. The van der Waals surface area contributed by atoms with Gasteiger partial charge in [-0.15, -0.1) is 0 Å². The maximum atomic E-state index is 12.6. The molecule has 0 amide bonds. The lowest BCUT2D eigenvalue weighted by Crippen LogP contribution is -2.29. The standard InChI is InChI=1S/C45H82NO9P/c1-3-5-6-7-8-9-10-11-12-13-14-17-20-23-26-29-32-36-44(48)52-40-43(41-54-56(50,51)53-39-38-46)55-45(49)37-33-30-27-24-21-18-15-16-19-22-25-28-31-35-42(47)34-4-2/h15,18-19,22,24,27-28,31,42-43,47H,3-14,16-17,20-21,23,25-26,29-30,32-41,46H2,1-2H3,(H,50,51)/b18-15-,22-19-,27-24-,31-28-/t42?,43-/m1/s1. The number of rotatable bonds is 41. The summed E-state index contributed by atoms with van der Waals surface area (Å²) in [5.74, 6) is -0.911. The molecular weight excluding hydrogens is 729 g/mol. The van der Waals surface area contributed by atoms with Gasteiger partial charge in [0.15, 0.2) is 6.10 Å². The van der Waals surface area contributed by atoms with Crippen LogP contribution in [0.4, 0.5) is 0 Å². The van der Waals surface area contributed by atoms with E-state index in [0.29, 0.717) is 19.3 Å². The predicted octanol–water partition coefficient (Wildman–Crippen LogP) is 11.7. The lowest BCUT2D eigenvalue weighted by Gasteiger charge is -2.19. The molecule has 0 aromatic carbocycles. The van der Waals surface area contributed by atoms with Crippen molar-refractivity contribution < 1.29 is 42.7 Å². The maximum absolute atomic E-state index is 12.6. The molecule has 4 N–H and O–H groups in total. The van der Waals surface area contributed by atoms with Crippen molar-refractivity contribution in [3.8, 4) is 0 Å². The number of ether oxygens (including phenoxy) is 2. The highest BCUT2D eigenvalue weighted by Crippen LogP contribution is 2.43. The first-order chi connectivity index (χ1) is 27.2. The van der Waals surface area contributed by atoms with Gasteiger partial charge in [-0.05, 0) is 51.4 Å². The van der Waals surface area contributed by atoms with Gasteiger partial charge in [-0.2, -0.15) is 0 Å². The van der Waals surface area contributed by atoms with E-state index in [-0.39, 0.29) is 38.7 Å². The van der Waals surface area contributed by atoms with E-state index in [1.54, 1.807) is 0 Å². The number of nitrogens with two attached hydrogens (primary N) is 1. The number of aliphatic hydroxyl groups is 1. The Morgan fingerprint density at radius 3 is 1.61 bits per heavy atom. The Balaban J connectivity index is 4.24. The Morgan fingerprint density at radius 2 is 1.09 bits per heavy atom. The van der Waals surface area contributed by atoms with Gasteiger partial charge in [0.05, 0.1) is 19.3 Å². The first-order valence-electron chi connectivity index (χ1n) is 22.2. The topological polar surface area (TPSA) is 155 Å². The molecule has 0 fully saturated rings. The number of hydrogen-bond acceptors (Lipinski definition) is 9. The molecule has 56 heavy (non-hydrogen) atoms. The molecule has 0 bridgehead atoms. The summed E-state index contributed by atoms with van der Waals surface area (Å²) in [5, 5.41) is 9.72. The maximum Gasteiger partial charge on any atom is 0.472 e. The van der Waals surface area contributed by atoms with Gasteiger partial charge >= 0.3 is 19.8 Å². The van der Waals surface area contributed by atoms with E-state index in [2.05, 4.69) is 44.2 Å². The van der Waals surface area contributed by atoms with Gasteiger partial charge in [0.25, 0.3) is 0 Å². The number of hydrogen-bond donors (Lipinski definition) is 3. The number of esters is 2. The summed E-state index contributed by atoms with van der Waals surface area (Å²) in [6.07, 6.45) is 43.5. The molecule has 0 spiro atoms. The predicted molar refractivity (Wildman–Crippen MR) is 230 cm³/mol. The number of unbranched alkanes of at least 4 members (excludes halogenated alkanes) is 17. The van der Waals surface area contributed by atoms with Gasteiger partial charge in [-0.25, -0.2) is 4.57 Å². The van der Waals surface area contributed by atoms with Crippen LogP contribution >= 0.6 is 7.82 Å². The van der Waals surface area contributed by atoms with E-state index < -0.39 is 32.5 Å². The summed E-state index contributed by atoms with van der Waals surface area (Å²) in [4.78, 5) is 34.9. The molecule has 0 radical (unpaired) electrons. The van der Waals surface area contributed by atoms with Crippen LogP contribution in [0.25, 0.3) is 0 Å². The van der Waals surface area contributed by atoms with Crippen molar-refractivity contribution >= 4 is 19.8 Å². The zero-order chi connectivity index (χ0) is 41.2. The lowest BCUT2D eigenvalue weighted by atomic mass is 10.0. The number of carbonyl (C=O) groups is 2. The summed E-state index contributed by atoms with van der Waals surface area (Å²) in [6.45, 7) is 3.47. The van der Waals surface area contributed by atoms with Crippen molar-refractivity contribution in [2.24, 2.45) is 5.73 Å². The molecule has 0 saturated heterocycles. The summed E-state index contributed by atoms with van der Waals surface area (Å²) in [5.41, 5.74) is 5.34. The largest absolute Gasteiger partial charge is 0.472 e. The highest BCUT2D eigenvalue weighted by atomic mass is 31.2. The van der Waals surface area contributed by atoms with Gasteiger partial charge in [-0.1, -0.05) is 172 Å². The molecule has 0 heterocycles. The monoisotopic (exact) mass is 812 g/mol. The summed E-state index contributed by atoms with van der Waals surface area (Å²) in [7, 11) is -4.40. The molecule has 11 heteroatoms. The average molecular weight is 812 g/mol. The highest BCUT2D eigenvalue weighted by Gasteiger charge is 2.26. The first kappa shape index (κ1) is 53.9. The molecule has 10 nitrogen and oxygen atoms in total. The van der Waals surface area contributed by atoms with Gasteiger partial charge in [-0.3, -0.25) is 18.6 Å². The van der Waals surface area contributed by atoms with Crippen molar-refractivity contribution in [2.75, 3.05) is 26.4 Å². The molecule has 3 atom stereocenters. The van der Waals surface area contributed by atoms with Crippen LogP contribution in [0.15, 0.2) is 48.6 Å². The van der Waals surface area contributed by atoms with Crippen molar-refractivity contribution in [1.82, 2.24) is 0 Å². The molecule has 0 aliphatic heterocycles. The third-order valence-corrected chi connectivity index (χ3v) is 10.3. The van der Waals surface area contributed by atoms with Crippen molar-refractivity contribution in [3.63, 3.8) is 0 Å². The smallest absolute Gasteiger partial charge is 0.462 e. The molecule has 0 aliphatic rings. The Kier molecular flexibility index (Phi) is 39.6. The fraction of sp³-hybridized carbons (Fsp3) is 0.778. The van der Waals surface area contributed by atoms with Crippen LogP contribution in [-0.2, 0) is 32.7 Å². The third kappa shape index (κ3) is 40.1. The number of phosphoric acid groups is 1. The number of allylic oxidation sites excluding steroid dienone is 7. The number of carbonyl (C=O) groups excluding carboxylic acids is 2. The van der Waals surface area contributed by atoms with E-state index in [1.165, 1.54) is 89.9 Å². The fourth-order valence-corrected chi connectivity index (χ4v) is 6.76. The van der Waals surface area contributed by atoms with Crippen molar-refractivity contribution in [2.45, 2.75) is 199 Å². The Hall–Kier alpha value is -2.07. The minimum absolute atomic E-state index is 0.0380. The SMILES string of the molecule is CCCCCCCCCCCCCCCCCCCC(=O)OC[C@H](COP(=O)(O)OCCN)OC(=O)CCC/C=C\C/C=C\C/C=C\C/C=C\CC(O)CCC. The molecule has 326 valence electrons. The van der Waals surface area contributed by atoms with E-state index in [9.17, 15) is 24.2 Å². The molecule has 0 aromatic rings. The van der Waals surface area contributed by atoms with Crippen molar-refractivity contribution in [1.29, 1.82) is 0 Å². The molecule has 0 aliphatic carbocycles. The molecular formula is C45H82NO9P. The van der Waals surface area contributed by atoms with Crippen LogP contribution in [0.5, 0.6) is 0 Å². The second-order valence-electron chi connectivity index (χ2n) is 14.8. The molecule has 0 aromatic heterocycles. The fourth-order valence-electron chi connectivity index (χ4n) is 6.00. The second kappa shape index (κ2) is 41.1. The van der Waals surface area contributed by atoms with Crippen LogP contribution in [0, 0.1) is 0 Å². The van der Waals surface area contributed by atoms with E-state index in [0.717, 1.165) is 51.4 Å². The minimum Gasteiger partial charge on any atom is -0.462 e. The van der Waals surface area contributed by atoms with Gasteiger partial charge in [0.2, 0.25) is 0 Å². The lowest BCUT2D eigenvalue weighted by molar-refractivity contribution is -0.161. The van der Waals surface area contributed by atoms with Crippen LogP contribution in [-0.4, -0.2) is 60.5 Å². The first-order valence-corrected chi connectivity index (χ1v) is 23.7. The summed E-state index contributed by atoms with van der Waals surface area (Å²) >= 11 is 0.